The lowest BCUT2D eigenvalue weighted by Crippen LogP contribution is -2.28. The summed E-state index contributed by atoms with van der Waals surface area (Å²) < 4.78 is 5.04. The predicted octanol–water partition coefficient (Wildman–Crippen LogP) is 2.67. The van der Waals surface area contributed by atoms with E-state index < -0.39 is 17.7 Å². The summed E-state index contributed by atoms with van der Waals surface area (Å²) in [6.45, 7) is 3.44. The van der Waals surface area contributed by atoms with Gasteiger partial charge in [-0.2, -0.15) is 4.80 Å². The Labute approximate surface area is 164 Å². The number of benzene rings is 1. The average molecular weight is 406 g/mol. The van der Waals surface area contributed by atoms with E-state index in [1.807, 2.05) is 0 Å². The van der Waals surface area contributed by atoms with E-state index in [0.29, 0.717) is 15.9 Å². The monoisotopic (exact) mass is 405 g/mol. The Hall–Kier alpha value is -2.65. The third-order valence-electron chi connectivity index (χ3n) is 3.58. The highest BCUT2D eigenvalue weighted by atomic mass is 35.5. The van der Waals surface area contributed by atoms with Gasteiger partial charge in [-0.3, -0.25) is 9.59 Å². The third kappa shape index (κ3) is 4.55. The van der Waals surface area contributed by atoms with Crippen LogP contribution in [0.3, 0.4) is 0 Å². The average Bonchev–Trinajstić information content (AvgIpc) is 3.25. The van der Waals surface area contributed by atoms with E-state index >= 15 is 0 Å². The number of halogens is 1. The first-order chi connectivity index (χ1) is 13.0. The van der Waals surface area contributed by atoms with Crippen molar-refractivity contribution in [3.8, 4) is 11.4 Å². The van der Waals surface area contributed by atoms with E-state index in [1.165, 1.54) is 11.3 Å². The molecule has 3 rings (SSSR count). The number of nitrogens with zero attached hydrogens (tertiary/aromatic N) is 5. The molecule has 0 fully saturated rings. The van der Waals surface area contributed by atoms with Crippen molar-refractivity contribution in [1.29, 1.82) is 0 Å². The Morgan fingerprint density at radius 2 is 2.04 bits per heavy atom. The fourth-order valence-electron chi connectivity index (χ4n) is 2.36. The van der Waals surface area contributed by atoms with Gasteiger partial charge in [0.2, 0.25) is 5.82 Å². The zero-order valence-electron chi connectivity index (χ0n) is 14.6. The Bertz CT molecular complexity index is 954. The van der Waals surface area contributed by atoms with Gasteiger partial charge in [0.15, 0.2) is 11.7 Å². The first kappa shape index (κ1) is 19.1. The molecule has 1 unspecified atom stereocenters. The van der Waals surface area contributed by atoms with Gasteiger partial charge in [0.05, 0.1) is 6.61 Å². The Morgan fingerprint density at radius 1 is 1.30 bits per heavy atom. The van der Waals surface area contributed by atoms with Crippen LogP contribution in [0, 0.1) is 6.92 Å². The summed E-state index contributed by atoms with van der Waals surface area (Å²) in [4.78, 5) is 30.4. The van der Waals surface area contributed by atoms with Gasteiger partial charge in [-0.05, 0) is 43.3 Å². The number of tetrazole rings is 1. The first-order valence-electron chi connectivity index (χ1n) is 8.13. The minimum Gasteiger partial charge on any atom is -0.465 e. The normalized spacial score (nSPS) is 12.0. The van der Waals surface area contributed by atoms with Crippen molar-refractivity contribution in [2.75, 3.05) is 6.61 Å². The molecule has 27 heavy (non-hydrogen) atoms. The number of carbonyl (C=O) groups excluding carboxylic acids is 2. The van der Waals surface area contributed by atoms with Gasteiger partial charge in [0.1, 0.15) is 11.6 Å². The number of hydrogen-bond acceptors (Lipinski definition) is 8. The molecule has 0 saturated heterocycles. The van der Waals surface area contributed by atoms with Crippen LogP contribution in [0.25, 0.3) is 11.4 Å². The molecule has 2 heterocycles. The first-order valence-corrected chi connectivity index (χ1v) is 9.38. The van der Waals surface area contributed by atoms with Gasteiger partial charge in [-0.25, -0.2) is 4.98 Å². The standard InChI is InChI=1S/C17H16ClN5O3S/c1-3-26-17(25)14(16-19-10(2)9-27-16)13(24)8-23-21-15(20-22-23)11-4-6-12(18)7-5-11/h4-7,9,14H,3,8H2,1-2H3. The van der Waals surface area contributed by atoms with E-state index in [0.717, 1.165) is 16.1 Å². The summed E-state index contributed by atoms with van der Waals surface area (Å²) >= 11 is 7.11. The largest absolute Gasteiger partial charge is 0.465 e. The van der Waals surface area contributed by atoms with Crippen molar-refractivity contribution in [2.24, 2.45) is 0 Å². The molecular weight excluding hydrogens is 390 g/mol. The van der Waals surface area contributed by atoms with Gasteiger partial charge in [-0.1, -0.05) is 11.6 Å². The van der Waals surface area contributed by atoms with Gasteiger partial charge < -0.3 is 4.74 Å². The van der Waals surface area contributed by atoms with Gasteiger partial charge in [0.25, 0.3) is 0 Å². The molecule has 0 aliphatic carbocycles. The Morgan fingerprint density at radius 3 is 2.67 bits per heavy atom. The molecular formula is C17H16ClN5O3S. The van der Waals surface area contributed by atoms with Crippen molar-refractivity contribution in [3.63, 3.8) is 0 Å². The summed E-state index contributed by atoms with van der Waals surface area (Å²) in [6.07, 6.45) is 0. The summed E-state index contributed by atoms with van der Waals surface area (Å²) in [6, 6.07) is 6.94. The third-order valence-corrected chi connectivity index (χ3v) is 4.86. The summed E-state index contributed by atoms with van der Waals surface area (Å²) in [5.74, 6) is -1.79. The maximum Gasteiger partial charge on any atom is 0.323 e. The molecule has 3 aromatic rings. The number of ketones is 1. The number of ether oxygens (including phenoxy) is 1. The lowest BCUT2D eigenvalue weighted by Gasteiger charge is -2.11. The van der Waals surface area contributed by atoms with Crippen molar-refractivity contribution in [2.45, 2.75) is 26.3 Å². The van der Waals surface area contributed by atoms with Crippen molar-refractivity contribution in [3.05, 3.63) is 45.4 Å². The fourth-order valence-corrected chi connectivity index (χ4v) is 3.39. The number of Topliss-reactive ketones (excluding diaryl/α,β-unsaturated/α-hetero) is 1. The summed E-state index contributed by atoms with van der Waals surface area (Å²) in [5.41, 5.74) is 1.46. The number of hydrogen-bond donors (Lipinski definition) is 0. The SMILES string of the molecule is CCOC(=O)C(C(=O)Cn1nnc(-c2ccc(Cl)cc2)n1)c1nc(C)cs1. The quantitative estimate of drug-likeness (QED) is 0.440. The second kappa shape index (κ2) is 8.36. The molecule has 8 nitrogen and oxygen atoms in total. The predicted molar refractivity (Wildman–Crippen MR) is 99.5 cm³/mol. The molecule has 0 aliphatic rings. The van der Waals surface area contributed by atoms with E-state index in [4.69, 9.17) is 16.3 Å². The van der Waals surface area contributed by atoms with Gasteiger partial charge in [0, 0.05) is 21.7 Å². The molecule has 1 aromatic carbocycles. The second-order valence-electron chi connectivity index (χ2n) is 5.63. The van der Waals surface area contributed by atoms with Crippen LogP contribution in [0.5, 0.6) is 0 Å². The molecule has 0 saturated carbocycles. The molecule has 10 heteroatoms. The summed E-state index contributed by atoms with van der Waals surface area (Å²) in [7, 11) is 0. The van der Waals surface area contributed by atoms with E-state index in [-0.39, 0.29) is 13.2 Å². The van der Waals surface area contributed by atoms with Crippen LogP contribution >= 0.6 is 22.9 Å². The Kier molecular flexibility index (Phi) is 5.92. The Balaban J connectivity index is 1.79. The molecule has 0 aliphatic heterocycles. The van der Waals surface area contributed by atoms with Crippen LogP contribution in [0.1, 0.15) is 23.5 Å². The topological polar surface area (TPSA) is 99.9 Å². The number of aromatic nitrogens is 5. The lowest BCUT2D eigenvalue weighted by molar-refractivity contribution is -0.148. The number of thiazole rings is 1. The van der Waals surface area contributed by atoms with Crippen LogP contribution in [0.15, 0.2) is 29.6 Å². The number of rotatable bonds is 7. The van der Waals surface area contributed by atoms with Crippen LogP contribution in [-0.2, 0) is 20.9 Å². The molecule has 0 radical (unpaired) electrons. The fraction of sp³-hybridized carbons (Fsp3) is 0.294. The number of aryl methyl sites for hydroxylation is 1. The highest BCUT2D eigenvalue weighted by Gasteiger charge is 2.33. The molecule has 0 spiro atoms. The van der Waals surface area contributed by atoms with Crippen LogP contribution in [-0.4, -0.2) is 43.6 Å². The zero-order valence-corrected chi connectivity index (χ0v) is 16.2. The zero-order chi connectivity index (χ0) is 19.4. The number of esters is 1. The second-order valence-corrected chi connectivity index (χ2v) is 6.95. The van der Waals surface area contributed by atoms with E-state index in [1.54, 1.807) is 43.5 Å². The van der Waals surface area contributed by atoms with Gasteiger partial charge >= 0.3 is 5.97 Å². The van der Waals surface area contributed by atoms with Gasteiger partial charge in [-0.15, -0.1) is 21.5 Å². The van der Waals surface area contributed by atoms with E-state index in [2.05, 4.69) is 20.4 Å². The number of carbonyl (C=O) groups is 2. The van der Waals surface area contributed by atoms with Crippen molar-refractivity contribution in [1.82, 2.24) is 25.2 Å². The van der Waals surface area contributed by atoms with Crippen molar-refractivity contribution < 1.29 is 14.3 Å². The van der Waals surface area contributed by atoms with Crippen LogP contribution in [0.4, 0.5) is 0 Å². The molecule has 0 bridgehead atoms. The minimum atomic E-state index is -1.10. The lowest BCUT2D eigenvalue weighted by atomic mass is 10.1. The smallest absolute Gasteiger partial charge is 0.323 e. The van der Waals surface area contributed by atoms with Crippen molar-refractivity contribution >= 4 is 34.7 Å². The molecule has 140 valence electrons. The molecule has 0 N–H and O–H groups in total. The minimum absolute atomic E-state index is 0.176. The highest BCUT2D eigenvalue weighted by Crippen LogP contribution is 2.24. The molecule has 1 atom stereocenters. The van der Waals surface area contributed by atoms with Crippen LogP contribution in [0.2, 0.25) is 5.02 Å². The highest BCUT2D eigenvalue weighted by molar-refractivity contribution is 7.10. The molecule has 0 amide bonds. The van der Waals surface area contributed by atoms with Crippen LogP contribution < -0.4 is 0 Å². The van der Waals surface area contributed by atoms with E-state index in [9.17, 15) is 9.59 Å². The molecule has 2 aromatic heterocycles. The summed E-state index contributed by atoms with van der Waals surface area (Å²) in [5, 5.41) is 14.8. The maximum atomic E-state index is 12.7. The maximum absolute atomic E-state index is 12.7.